The van der Waals surface area contributed by atoms with E-state index in [0.29, 0.717) is 22.3 Å². The van der Waals surface area contributed by atoms with Crippen LogP contribution in [-0.2, 0) is 4.79 Å². The fraction of sp³-hybridized carbons (Fsp3) is 0.222. The van der Waals surface area contributed by atoms with Gasteiger partial charge >= 0.3 is 0 Å². The van der Waals surface area contributed by atoms with Crippen LogP contribution in [-0.4, -0.2) is 25.0 Å². The van der Waals surface area contributed by atoms with Gasteiger partial charge in [0.05, 0.1) is 6.21 Å². The largest absolute Gasteiger partial charge is 0.481 e. The average Bonchev–Trinajstić information content (AvgIpc) is 3.05. The van der Waals surface area contributed by atoms with Crippen LogP contribution in [0.3, 0.4) is 0 Å². The van der Waals surface area contributed by atoms with E-state index in [1.807, 2.05) is 13.0 Å². The monoisotopic (exact) mass is 360 g/mol. The van der Waals surface area contributed by atoms with Crippen molar-refractivity contribution in [3.05, 3.63) is 52.5 Å². The lowest BCUT2D eigenvalue weighted by Gasteiger charge is -2.13. The van der Waals surface area contributed by atoms with E-state index in [1.54, 1.807) is 37.3 Å². The highest BCUT2D eigenvalue weighted by atomic mass is 35.5. The molecule has 0 radical (unpaired) electrons. The number of fused-ring (bicyclic) bond motifs is 1. The van der Waals surface area contributed by atoms with Crippen molar-refractivity contribution < 1.29 is 19.0 Å². The molecule has 0 saturated carbocycles. The Morgan fingerprint density at radius 3 is 2.88 bits per heavy atom. The molecule has 2 aromatic rings. The third kappa shape index (κ3) is 4.22. The number of carbonyl (C=O) groups is 1. The Morgan fingerprint density at radius 2 is 2.08 bits per heavy atom. The summed E-state index contributed by atoms with van der Waals surface area (Å²) in [7, 11) is 0. The van der Waals surface area contributed by atoms with Crippen LogP contribution in [0.5, 0.6) is 17.2 Å². The molecule has 2 aromatic carbocycles. The van der Waals surface area contributed by atoms with E-state index in [9.17, 15) is 4.79 Å². The summed E-state index contributed by atoms with van der Waals surface area (Å²) in [6, 6.07) is 10.6. The average molecular weight is 361 g/mol. The minimum atomic E-state index is -0.700. The Bertz CT molecular complexity index is 823. The van der Waals surface area contributed by atoms with Crippen LogP contribution in [0, 0.1) is 6.92 Å². The second-order valence-electron chi connectivity index (χ2n) is 5.52. The molecule has 1 aliphatic heterocycles. The van der Waals surface area contributed by atoms with E-state index in [1.165, 1.54) is 6.21 Å². The maximum atomic E-state index is 12.1. The third-order valence-corrected chi connectivity index (χ3v) is 4.02. The maximum Gasteiger partial charge on any atom is 0.280 e. The Kier molecular flexibility index (Phi) is 5.09. The molecule has 0 bridgehead atoms. The standard InChI is InChI=1S/C18H17ClN2O4/c1-11-7-14(4-5-15(11)19)25-12(2)18(22)21-20-9-13-3-6-16-17(8-13)24-10-23-16/h3-9,12H,10H2,1-2H3,(H,21,22)/t12-/m0/s1. The Hall–Kier alpha value is -2.73. The molecular weight excluding hydrogens is 344 g/mol. The number of benzene rings is 2. The first kappa shape index (κ1) is 17.1. The van der Waals surface area contributed by atoms with Crippen molar-refractivity contribution in [2.24, 2.45) is 5.10 Å². The molecule has 0 fully saturated rings. The number of hydrogen-bond acceptors (Lipinski definition) is 5. The zero-order valence-electron chi connectivity index (χ0n) is 13.8. The fourth-order valence-electron chi connectivity index (χ4n) is 2.20. The number of carbonyl (C=O) groups excluding carboxylic acids is 1. The first-order valence-corrected chi connectivity index (χ1v) is 8.06. The molecule has 1 N–H and O–H groups in total. The summed E-state index contributed by atoms with van der Waals surface area (Å²) in [6.07, 6.45) is 0.827. The minimum absolute atomic E-state index is 0.214. The number of hydrazone groups is 1. The molecular formula is C18H17ClN2O4. The first-order chi connectivity index (χ1) is 12.0. The van der Waals surface area contributed by atoms with Crippen molar-refractivity contribution in [1.82, 2.24) is 5.43 Å². The molecule has 3 rings (SSSR count). The van der Waals surface area contributed by atoms with Gasteiger partial charge in [-0.05, 0) is 61.4 Å². The van der Waals surface area contributed by atoms with Crippen molar-refractivity contribution in [3.63, 3.8) is 0 Å². The summed E-state index contributed by atoms with van der Waals surface area (Å²) in [5.74, 6) is 1.57. The van der Waals surface area contributed by atoms with Gasteiger partial charge in [0, 0.05) is 5.02 Å². The van der Waals surface area contributed by atoms with Gasteiger partial charge in [0.25, 0.3) is 5.91 Å². The number of rotatable bonds is 5. The highest BCUT2D eigenvalue weighted by molar-refractivity contribution is 6.31. The van der Waals surface area contributed by atoms with Crippen molar-refractivity contribution >= 4 is 23.7 Å². The van der Waals surface area contributed by atoms with Gasteiger partial charge in [-0.3, -0.25) is 4.79 Å². The smallest absolute Gasteiger partial charge is 0.280 e. The lowest BCUT2D eigenvalue weighted by Crippen LogP contribution is -2.33. The predicted octanol–water partition coefficient (Wildman–Crippen LogP) is 3.29. The van der Waals surface area contributed by atoms with E-state index in [4.69, 9.17) is 25.8 Å². The number of amides is 1. The molecule has 0 saturated heterocycles. The van der Waals surface area contributed by atoms with E-state index >= 15 is 0 Å². The van der Waals surface area contributed by atoms with Crippen LogP contribution in [0.1, 0.15) is 18.1 Å². The summed E-state index contributed by atoms with van der Waals surface area (Å²) < 4.78 is 16.1. The van der Waals surface area contributed by atoms with E-state index < -0.39 is 6.10 Å². The second-order valence-corrected chi connectivity index (χ2v) is 5.93. The minimum Gasteiger partial charge on any atom is -0.481 e. The van der Waals surface area contributed by atoms with Gasteiger partial charge in [0.2, 0.25) is 6.79 Å². The number of ether oxygens (including phenoxy) is 3. The number of aryl methyl sites for hydroxylation is 1. The molecule has 0 unspecified atom stereocenters. The Morgan fingerprint density at radius 1 is 1.28 bits per heavy atom. The molecule has 6 nitrogen and oxygen atoms in total. The van der Waals surface area contributed by atoms with Crippen LogP contribution in [0.2, 0.25) is 5.02 Å². The topological polar surface area (TPSA) is 69.2 Å². The van der Waals surface area contributed by atoms with Gasteiger partial charge in [0.15, 0.2) is 17.6 Å². The molecule has 0 aromatic heterocycles. The molecule has 1 atom stereocenters. The van der Waals surface area contributed by atoms with Crippen LogP contribution < -0.4 is 19.6 Å². The zero-order valence-corrected chi connectivity index (χ0v) is 14.5. The molecule has 25 heavy (non-hydrogen) atoms. The predicted molar refractivity (Wildman–Crippen MR) is 94.6 cm³/mol. The van der Waals surface area contributed by atoms with Gasteiger partial charge in [0.1, 0.15) is 5.75 Å². The van der Waals surface area contributed by atoms with E-state index in [0.717, 1.165) is 11.1 Å². The molecule has 0 aliphatic carbocycles. The molecule has 1 amide bonds. The lowest BCUT2D eigenvalue weighted by atomic mass is 10.2. The molecule has 0 spiro atoms. The summed E-state index contributed by atoms with van der Waals surface area (Å²) >= 11 is 5.97. The summed E-state index contributed by atoms with van der Waals surface area (Å²) in [4.78, 5) is 12.1. The van der Waals surface area contributed by atoms with Crippen molar-refractivity contribution in [1.29, 1.82) is 0 Å². The highest BCUT2D eigenvalue weighted by Gasteiger charge is 2.15. The second kappa shape index (κ2) is 7.44. The summed E-state index contributed by atoms with van der Waals surface area (Å²) in [6.45, 7) is 3.73. The fourth-order valence-corrected chi connectivity index (χ4v) is 2.32. The lowest BCUT2D eigenvalue weighted by molar-refractivity contribution is -0.127. The third-order valence-electron chi connectivity index (χ3n) is 3.60. The number of halogens is 1. The van der Waals surface area contributed by atoms with Gasteiger partial charge in [-0.25, -0.2) is 5.43 Å². The normalized spacial score (nSPS) is 13.7. The maximum absolute atomic E-state index is 12.1. The molecule has 130 valence electrons. The van der Waals surface area contributed by atoms with E-state index in [-0.39, 0.29) is 12.7 Å². The van der Waals surface area contributed by atoms with E-state index in [2.05, 4.69) is 10.5 Å². The van der Waals surface area contributed by atoms with Crippen LogP contribution >= 0.6 is 11.6 Å². The van der Waals surface area contributed by atoms with Crippen molar-refractivity contribution in [3.8, 4) is 17.2 Å². The highest BCUT2D eigenvalue weighted by Crippen LogP contribution is 2.31. The van der Waals surface area contributed by atoms with Gasteiger partial charge < -0.3 is 14.2 Å². The van der Waals surface area contributed by atoms with Crippen molar-refractivity contribution in [2.45, 2.75) is 20.0 Å². The number of nitrogens with zero attached hydrogens (tertiary/aromatic N) is 1. The summed E-state index contributed by atoms with van der Waals surface area (Å²) in [5, 5.41) is 4.59. The van der Waals surface area contributed by atoms with Gasteiger partial charge in [-0.15, -0.1) is 0 Å². The molecule has 7 heteroatoms. The quantitative estimate of drug-likeness (QED) is 0.656. The number of hydrogen-bond donors (Lipinski definition) is 1. The van der Waals surface area contributed by atoms with Crippen LogP contribution in [0.25, 0.3) is 0 Å². The Balaban J connectivity index is 1.55. The van der Waals surface area contributed by atoms with Gasteiger partial charge in [-0.1, -0.05) is 11.6 Å². The summed E-state index contributed by atoms with van der Waals surface area (Å²) in [5.41, 5.74) is 4.12. The SMILES string of the molecule is Cc1cc(O[C@@H](C)C(=O)NN=Cc2ccc3c(c2)OCO3)ccc1Cl. The van der Waals surface area contributed by atoms with Crippen molar-refractivity contribution in [2.75, 3.05) is 6.79 Å². The molecule has 1 heterocycles. The van der Waals surface area contributed by atoms with Crippen LogP contribution in [0.15, 0.2) is 41.5 Å². The van der Waals surface area contributed by atoms with Crippen LogP contribution in [0.4, 0.5) is 0 Å². The zero-order chi connectivity index (χ0) is 17.8. The first-order valence-electron chi connectivity index (χ1n) is 7.68. The Labute approximate surface area is 150 Å². The van der Waals surface area contributed by atoms with Gasteiger partial charge in [-0.2, -0.15) is 5.10 Å². The number of nitrogens with one attached hydrogen (secondary N) is 1. The molecule has 1 aliphatic rings.